The molecule has 0 heterocycles. The van der Waals surface area contributed by atoms with Gasteiger partial charge in [-0.1, -0.05) is 34.3 Å². The van der Waals surface area contributed by atoms with Gasteiger partial charge < -0.3 is 35.6 Å². The van der Waals surface area contributed by atoms with Crippen molar-refractivity contribution in [3.63, 3.8) is 0 Å². The lowest BCUT2D eigenvalue weighted by molar-refractivity contribution is -0.432. The number of aryl methyl sites for hydroxylation is 1. The summed E-state index contributed by atoms with van der Waals surface area (Å²) in [6.45, 7) is 0.344. The molecule has 45 nitrogen and oxygen atoms in total. The first-order chi connectivity index (χ1) is 51.0. The molecule has 570 valence electrons. The standard InChI is InChI=1S/C56H40N12O33S8/c1-22-13-34(39(97-21-46(69)70)17-33(22)61-58-30-11-12-42(104(78,79)80)24-6-4-3-5-23(24)30)62-67-51-45(107(87,88)89)16-28-26(53(51)72)8-10-32(56(28)109(93,94)95)60-66-50-44(106(84,85)86)15-27-25(52(50)71)7-9-31(55(27)108(90,91)92)59-64-36-19-43(105(81,82)83)29-14-41(103-101-99-77)49(54(73)47(29)48(36)57)65-63-35-18-40(102-100-98-76)37(68(74)75)20-38(35)96-2/h3-20,71-73,76-77H,21,57H2,1-2H3,(H,69,70)(H,78,79,80)(H,81,82,83)(H,84,85,86)(H,87,88,89)(H,90,91,92)(H,93,94,95). The van der Waals surface area contributed by atoms with Crippen LogP contribution >= 0.6 is 24.1 Å². The molecule has 0 fully saturated rings. The number of benzene rings is 10. The quantitative estimate of drug-likeness (QED) is 0.00432. The van der Waals surface area contributed by atoms with Gasteiger partial charge in [-0.2, -0.15) is 55.6 Å². The molecule has 10 rings (SSSR count). The van der Waals surface area contributed by atoms with Crippen LogP contribution in [0.25, 0.3) is 43.1 Å². The smallest absolute Gasteiger partial charge is 0.341 e. The summed E-state index contributed by atoms with van der Waals surface area (Å²) in [4.78, 5) is 13.9. The largest absolute Gasteiger partial charge is 0.505 e. The number of rotatable bonds is 27. The molecule has 53 heteroatoms. The lowest BCUT2D eigenvalue weighted by atomic mass is 10.0. The first-order valence-electron chi connectivity index (χ1n) is 28.4. The van der Waals surface area contributed by atoms with E-state index >= 15 is 0 Å². The molecule has 0 amide bonds. The number of fused-ring (bicyclic) bond motifs is 4. The highest BCUT2D eigenvalue weighted by atomic mass is 32.2. The van der Waals surface area contributed by atoms with Crippen molar-refractivity contribution in [2.45, 2.75) is 46.1 Å². The predicted molar refractivity (Wildman–Crippen MR) is 370 cm³/mol. The molecule has 109 heavy (non-hydrogen) atoms. The summed E-state index contributed by atoms with van der Waals surface area (Å²) < 4.78 is 238. The number of hydrogen-bond donors (Lipinski definition) is 13. The van der Waals surface area contributed by atoms with Gasteiger partial charge in [0.05, 0.1) is 69.5 Å². The number of hydrogen-bond acceptors (Lipinski definition) is 39. The number of carbonyl (C=O) groups is 1. The highest BCUT2D eigenvalue weighted by Gasteiger charge is 2.33. The number of phenols is 3. The zero-order valence-corrected chi connectivity index (χ0v) is 59.8. The topological polar surface area (TPSA) is 713 Å². The monoisotopic (exact) mass is 1660 g/mol. The maximum Gasteiger partial charge on any atom is 0.341 e. The van der Waals surface area contributed by atoms with Gasteiger partial charge in [0.2, 0.25) is 0 Å². The molecule has 0 unspecified atom stereocenters. The second kappa shape index (κ2) is 30.8. The summed E-state index contributed by atoms with van der Waals surface area (Å²) in [5.74, 6) is -6.40. The van der Waals surface area contributed by atoms with Gasteiger partial charge in [-0.05, 0) is 85.3 Å². The number of ether oxygens (including phenoxy) is 2. The highest BCUT2D eigenvalue weighted by Crippen LogP contribution is 2.53. The normalized spacial score (nSPS) is 12.9. The van der Waals surface area contributed by atoms with Crippen molar-refractivity contribution in [1.29, 1.82) is 0 Å². The SMILES string of the molecule is COc1cc([N+](=O)[O-])c(SOOO)cc1N=Nc1c(SOOO)cc2c(S(=O)(=O)O)cc(N=Nc3ccc4c(O)c(N=Nc5ccc6c(O)c(N=Nc7cc(C)c(N=Nc8ccc(S(=O)(=O)O)c9ccccc89)cc7OCC(=O)O)c(S(=O)(=O)O)cc6c5S(=O)(=O)O)c(S(=O)(=O)O)cc4c3S(=O)(=O)O)c(N)c2c1O. The molecule has 0 saturated carbocycles. The van der Waals surface area contributed by atoms with E-state index in [0.29, 0.717) is 30.3 Å². The number of nitro benzene ring substituents is 1. The molecule has 0 atom stereocenters. The van der Waals surface area contributed by atoms with Crippen molar-refractivity contribution in [2.75, 3.05) is 19.5 Å². The fourth-order valence-electron chi connectivity index (χ4n) is 10.3. The maximum absolute atomic E-state index is 13.4. The number of nitrogens with zero attached hydrogens (tertiary/aromatic N) is 11. The number of azo groups is 5. The van der Waals surface area contributed by atoms with E-state index in [1.54, 1.807) is 0 Å². The Hall–Kier alpha value is -11.2. The minimum absolute atomic E-state index is 0.00596. The van der Waals surface area contributed by atoms with Crippen LogP contribution in [0.4, 0.5) is 68.2 Å². The van der Waals surface area contributed by atoms with E-state index in [9.17, 15) is 113 Å². The molecule has 0 saturated heterocycles. The molecule has 14 N–H and O–H groups in total. The van der Waals surface area contributed by atoms with E-state index in [1.165, 1.54) is 37.3 Å². The Bertz CT molecular complexity index is 6470. The van der Waals surface area contributed by atoms with Gasteiger partial charge in [-0.25, -0.2) is 15.3 Å². The van der Waals surface area contributed by atoms with E-state index in [0.717, 1.165) is 49.6 Å². The van der Waals surface area contributed by atoms with E-state index in [4.69, 9.17) is 25.7 Å². The van der Waals surface area contributed by atoms with Crippen molar-refractivity contribution < 1.29 is 147 Å². The van der Waals surface area contributed by atoms with Gasteiger partial charge in [-0.3, -0.25) is 37.4 Å². The van der Waals surface area contributed by atoms with Crippen LogP contribution in [0.3, 0.4) is 0 Å². The molecule has 10 aromatic rings. The number of nitrogens with two attached hydrogens (primary N) is 1. The van der Waals surface area contributed by atoms with Crippen LogP contribution in [0.2, 0.25) is 0 Å². The zero-order valence-electron chi connectivity index (χ0n) is 53.3. The number of nitrogen functional groups attached to an aromatic ring is 1. The second-order valence-electron chi connectivity index (χ2n) is 21.4. The Morgan fingerprint density at radius 1 is 0.459 bits per heavy atom. The van der Waals surface area contributed by atoms with Gasteiger partial charge in [0.25, 0.3) is 66.4 Å². The second-order valence-corrected chi connectivity index (χ2v) is 31.2. The Morgan fingerprint density at radius 2 is 0.917 bits per heavy atom. The third kappa shape index (κ3) is 16.9. The van der Waals surface area contributed by atoms with Gasteiger partial charge in [0.15, 0.2) is 29.6 Å². The van der Waals surface area contributed by atoms with Crippen LogP contribution in [0.15, 0.2) is 200 Å². The summed E-state index contributed by atoms with van der Waals surface area (Å²) in [5.41, 5.74) is -2.25. The Labute approximate surface area is 615 Å². The van der Waals surface area contributed by atoms with Crippen molar-refractivity contribution in [3.05, 3.63) is 125 Å². The third-order valence-electron chi connectivity index (χ3n) is 14.8. The van der Waals surface area contributed by atoms with Gasteiger partial charge in [0.1, 0.15) is 85.5 Å². The number of nitro groups is 1. The van der Waals surface area contributed by atoms with Crippen LogP contribution in [-0.4, -0.2) is 133 Å². The Morgan fingerprint density at radius 3 is 1.41 bits per heavy atom. The molecule has 0 aliphatic heterocycles. The van der Waals surface area contributed by atoms with Crippen molar-refractivity contribution >= 4 is 202 Å². The molecule has 0 radical (unpaired) electrons. The third-order valence-corrected chi connectivity index (χ3v) is 21.5. The van der Waals surface area contributed by atoms with Crippen LogP contribution in [0.5, 0.6) is 28.7 Å². The van der Waals surface area contributed by atoms with Crippen molar-refractivity contribution in [1.82, 2.24) is 0 Å². The lowest BCUT2D eigenvalue weighted by Gasteiger charge is -2.15. The zero-order chi connectivity index (χ0) is 79.9. The van der Waals surface area contributed by atoms with Crippen molar-refractivity contribution in [2.24, 2.45) is 51.1 Å². The number of carboxylic acid groups (broad SMARTS) is 1. The van der Waals surface area contributed by atoms with E-state index in [1.807, 2.05) is 0 Å². The van der Waals surface area contributed by atoms with E-state index < -0.39 is 230 Å². The number of phenolic OH excluding ortho intramolecular Hbond substituents is 3. The average Bonchev–Trinajstić information content (AvgIpc) is 0.747. The molecule has 10 aromatic carbocycles. The van der Waals surface area contributed by atoms with E-state index in [-0.39, 0.29) is 63.6 Å². The summed E-state index contributed by atoms with van der Waals surface area (Å²) in [7, 11) is -32.5. The molecule has 0 aliphatic rings. The lowest BCUT2D eigenvalue weighted by Crippen LogP contribution is -2.09. The molecule has 0 bridgehead atoms. The number of carboxylic acids is 1. The minimum Gasteiger partial charge on any atom is -0.505 e. The first-order valence-corrected chi connectivity index (χ1v) is 38.5. The predicted octanol–water partition coefficient (Wildman–Crippen LogP) is 13.1. The summed E-state index contributed by atoms with van der Waals surface area (Å²) in [5, 5.41) is 115. The van der Waals surface area contributed by atoms with Crippen LogP contribution in [0.1, 0.15) is 5.56 Å². The first kappa shape index (κ1) is 80.4. The fourth-order valence-corrected chi connectivity index (χ4v) is 15.6. The van der Waals surface area contributed by atoms with Crippen molar-refractivity contribution in [3.8, 4) is 28.7 Å². The fraction of sp³-hybridized carbons (Fsp3) is 0.0536. The van der Waals surface area contributed by atoms with Crippen LogP contribution in [-0.2, 0) is 84.2 Å². The molecule has 0 aromatic heterocycles. The Balaban J connectivity index is 1.06. The number of aromatic hydroxyl groups is 3. The number of aliphatic carboxylic acids is 1. The van der Waals surface area contributed by atoms with Crippen LogP contribution in [0, 0.1) is 17.0 Å². The molecule has 0 spiro atoms. The molecular weight excluding hydrogens is 1630 g/mol. The highest BCUT2D eigenvalue weighted by molar-refractivity contribution is 7.95. The van der Waals surface area contributed by atoms with Gasteiger partial charge >= 0.3 is 5.97 Å². The number of anilines is 1. The number of methoxy groups -OCH3 is 1. The summed E-state index contributed by atoms with van der Waals surface area (Å²) in [6.07, 6.45) is 0. The van der Waals surface area contributed by atoms with E-state index in [2.05, 4.69) is 69.9 Å². The maximum atomic E-state index is 13.4. The van der Waals surface area contributed by atoms with Gasteiger partial charge in [-0.15, -0.1) is 54.7 Å². The summed E-state index contributed by atoms with van der Waals surface area (Å²) in [6, 6.07) is 16.6. The molecule has 0 aliphatic carbocycles. The van der Waals surface area contributed by atoms with Gasteiger partial charge in [0, 0.05) is 43.8 Å². The molecular formula is C56H40N12O33S8. The Kier molecular flexibility index (Phi) is 22.7. The minimum atomic E-state index is -5.89. The summed E-state index contributed by atoms with van der Waals surface area (Å²) >= 11 is 0.103. The average molecular weight is 1670 g/mol. The van der Waals surface area contributed by atoms with Crippen LogP contribution < -0.4 is 15.2 Å².